The molecule has 4 heteroatoms. The van der Waals surface area contributed by atoms with E-state index in [-0.39, 0.29) is 4.87 Å². The van der Waals surface area contributed by atoms with Crippen LogP contribution in [0.4, 0.5) is 0 Å². The van der Waals surface area contributed by atoms with E-state index in [1.165, 1.54) is 24.2 Å². The zero-order valence-electron chi connectivity index (χ0n) is 9.16. The maximum absolute atomic E-state index is 11.5. The molecule has 0 saturated carbocycles. The first-order valence-corrected chi connectivity index (χ1v) is 6.51. The van der Waals surface area contributed by atoms with Crippen LogP contribution in [0.25, 0.3) is 0 Å². The molecule has 0 aromatic carbocycles. The number of piperidine rings is 1. The predicted octanol–water partition coefficient (Wildman–Crippen LogP) is 1.61. The molecule has 0 atom stereocenters. The standard InChI is InChI=1S/C11H18N2OS/c1-9-8-15-11(14)13(9)7-4-10-2-5-12-6-3-10/h8,10,12H,2-7H2,1H3. The van der Waals surface area contributed by atoms with Crippen molar-refractivity contribution in [2.24, 2.45) is 5.92 Å². The Bertz CT molecular complexity index is 363. The second kappa shape index (κ2) is 4.94. The van der Waals surface area contributed by atoms with Crippen LogP contribution in [0.1, 0.15) is 25.0 Å². The maximum atomic E-state index is 11.5. The molecule has 3 nitrogen and oxygen atoms in total. The normalized spacial score (nSPS) is 18.2. The number of hydrogen-bond donors (Lipinski definition) is 1. The van der Waals surface area contributed by atoms with E-state index in [0.717, 1.165) is 37.7 Å². The average Bonchev–Trinajstić information content (AvgIpc) is 2.58. The summed E-state index contributed by atoms with van der Waals surface area (Å²) < 4.78 is 1.91. The molecule has 0 amide bonds. The van der Waals surface area contributed by atoms with Crippen LogP contribution in [0.5, 0.6) is 0 Å². The van der Waals surface area contributed by atoms with Gasteiger partial charge >= 0.3 is 4.87 Å². The van der Waals surface area contributed by atoms with Gasteiger partial charge in [-0.1, -0.05) is 11.3 Å². The highest BCUT2D eigenvalue weighted by Crippen LogP contribution is 2.16. The van der Waals surface area contributed by atoms with Crippen molar-refractivity contribution in [3.63, 3.8) is 0 Å². The second-order valence-electron chi connectivity index (χ2n) is 4.28. The lowest BCUT2D eigenvalue weighted by Gasteiger charge is -2.22. The minimum atomic E-state index is 0.196. The fraction of sp³-hybridized carbons (Fsp3) is 0.727. The molecule has 0 unspecified atom stereocenters. The van der Waals surface area contributed by atoms with Crippen molar-refractivity contribution in [1.29, 1.82) is 0 Å². The zero-order chi connectivity index (χ0) is 10.7. The van der Waals surface area contributed by atoms with Crippen molar-refractivity contribution in [2.45, 2.75) is 32.7 Å². The van der Waals surface area contributed by atoms with Gasteiger partial charge in [0.1, 0.15) is 0 Å². The van der Waals surface area contributed by atoms with Gasteiger partial charge in [-0.15, -0.1) is 0 Å². The number of nitrogens with one attached hydrogen (secondary N) is 1. The third-order valence-electron chi connectivity index (χ3n) is 3.20. The summed E-state index contributed by atoms with van der Waals surface area (Å²) in [6.45, 7) is 5.20. The Morgan fingerprint density at radius 3 is 2.87 bits per heavy atom. The lowest BCUT2D eigenvalue weighted by molar-refractivity contribution is 0.336. The smallest absolute Gasteiger partial charge is 0.307 e. The van der Waals surface area contributed by atoms with Crippen LogP contribution in [-0.4, -0.2) is 17.7 Å². The summed E-state index contributed by atoms with van der Waals surface area (Å²) >= 11 is 1.31. The van der Waals surface area contributed by atoms with Crippen LogP contribution in [0, 0.1) is 12.8 Å². The molecule has 84 valence electrons. The van der Waals surface area contributed by atoms with E-state index in [2.05, 4.69) is 5.32 Å². The van der Waals surface area contributed by atoms with Gasteiger partial charge in [0.2, 0.25) is 0 Å². The maximum Gasteiger partial charge on any atom is 0.307 e. The molecule has 0 aliphatic carbocycles. The van der Waals surface area contributed by atoms with Crippen molar-refractivity contribution in [3.8, 4) is 0 Å². The molecule has 0 bridgehead atoms. The van der Waals surface area contributed by atoms with Crippen LogP contribution in [0.3, 0.4) is 0 Å². The molecular formula is C11H18N2OS. The van der Waals surface area contributed by atoms with Crippen LogP contribution >= 0.6 is 11.3 Å². The van der Waals surface area contributed by atoms with E-state index >= 15 is 0 Å². The van der Waals surface area contributed by atoms with Gasteiger partial charge in [-0.05, 0) is 45.2 Å². The third kappa shape index (κ3) is 2.69. The number of hydrogen-bond acceptors (Lipinski definition) is 3. The van der Waals surface area contributed by atoms with Crippen LogP contribution in [-0.2, 0) is 6.54 Å². The number of aromatic nitrogens is 1. The minimum absolute atomic E-state index is 0.196. The SMILES string of the molecule is Cc1csc(=O)n1CCC1CCNCC1. The van der Waals surface area contributed by atoms with Crippen molar-refractivity contribution in [3.05, 3.63) is 20.7 Å². The van der Waals surface area contributed by atoms with Crippen molar-refractivity contribution in [1.82, 2.24) is 9.88 Å². The van der Waals surface area contributed by atoms with Crippen molar-refractivity contribution >= 4 is 11.3 Å². The first-order valence-electron chi connectivity index (χ1n) is 5.63. The van der Waals surface area contributed by atoms with E-state index in [4.69, 9.17) is 0 Å². The molecule has 0 spiro atoms. The van der Waals surface area contributed by atoms with Crippen LogP contribution < -0.4 is 10.2 Å². The number of rotatable bonds is 3. The predicted molar refractivity (Wildman–Crippen MR) is 63.5 cm³/mol. The van der Waals surface area contributed by atoms with Gasteiger partial charge in [0.05, 0.1) is 0 Å². The quantitative estimate of drug-likeness (QED) is 0.849. The molecule has 1 N–H and O–H groups in total. The summed E-state index contributed by atoms with van der Waals surface area (Å²) in [6.07, 6.45) is 3.68. The Balaban J connectivity index is 1.89. The molecule has 0 radical (unpaired) electrons. The van der Waals surface area contributed by atoms with E-state index in [1.54, 1.807) is 0 Å². The lowest BCUT2D eigenvalue weighted by Crippen LogP contribution is -2.29. The fourth-order valence-electron chi connectivity index (χ4n) is 2.16. The summed E-state index contributed by atoms with van der Waals surface area (Å²) in [5.74, 6) is 0.803. The van der Waals surface area contributed by atoms with Gasteiger partial charge in [-0.3, -0.25) is 4.79 Å². The molecule has 2 rings (SSSR count). The molecule has 15 heavy (non-hydrogen) atoms. The molecule has 1 aromatic heterocycles. The minimum Gasteiger partial charge on any atom is -0.317 e. The fourth-order valence-corrected chi connectivity index (χ4v) is 2.92. The van der Waals surface area contributed by atoms with Crippen molar-refractivity contribution < 1.29 is 0 Å². The van der Waals surface area contributed by atoms with Gasteiger partial charge in [-0.25, -0.2) is 0 Å². The van der Waals surface area contributed by atoms with Gasteiger partial charge in [0.15, 0.2) is 0 Å². The van der Waals surface area contributed by atoms with E-state index < -0.39 is 0 Å². The molecular weight excluding hydrogens is 208 g/mol. The monoisotopic (exact) mass is 226 g/mol. The van der Waals surface area contributed by atoms with Gasteiger partial charge in [-0.2, -0.15) is 0 Å². The largest absolute Gasteiger partial charge is 0.317 e. The first-order chi connectivity index (χ1) is 7.27. The summed E-state index contributed by atoms with van der Waals surface area (Å²) in [5.41, 5.74) is 1.11. The van der Waals surface area contributed by atoms with Crippen molar-refractivity contribution in [2.75, 3.05) is 13.1 Å². The van der Waals surface area contributed by atoms with Gasteiger partial charge < -0.3 is 9.88 Å². The third-order valence-corrected chi connectivity index (χ3v) is 4.08. The van der Waals surface area contributed by atoms with E-state index in [1.807, 2.05) is 16.9 Å². The highest BCUT2D eigenvalue weighted by Gasteiger charge is 2.13. The molecule has 2 heterocycles. The zero-order valence-corrected chi connectivity index (χ0v) is 9.98. The summed E-state index contributed by atoms with van der Waals surface area (Å²) in [7, 11) is 0. The van der Waals surface area contributed by atoms with Crippen LogP contribution in [0.15, 0.2) is 10.2 Å². The summed E-state index contributed by atoms with van der Waals surface area (Å²) in [5, 5.41) is 5.31. The Morgan fingerprint density at radius 2 is 2.27 bits per heavy atom. The van der Waals surface area contributed by atoms with Gasteiger partial charge in [0, 0.05) is 17.6 Å². The lowest BCUT2D eigenvalue weighted by atomic mass is 9.95. The molecule has 1 aliphatic heterocycles. The Hall–Kier alpha value is -0.610. The molecule has 1 saturated heterocycles. The number of thiazole rings is 1. The average molecular weight is 226 g/mol. The van der Waals surface area contributed by atoms with Gasteiger partial charge in [0.25, 0.3) is 0 Å². The summed E-state index contributed by atoms with van der Waals surface area (Å²) in [4.78, 5) is 11.7. The summed E-state index contributed by atoms with van der Waals surface area (Å²) in [6, 6.07) is 0. The second-order valence-corrected chi connectivity index (χ2v) is 5.10. The Kier molecular flexibility index (Phi) is 3.59. The Labute approximate surface area is 94.1 Å². The Morgan fingerprint density at radius 1 is 1.53 bits per heavy atom. The molecule has 1 aliphatic rings. The number of nitrogens with zero attached hydrogens (tertiary/aromatic N) is 1. The van der Waals surface area contributed by atoms with E-state index in [9.17, 15) is 4.79 Å². The van der Waals surface area contributed by atoms with E-state index in [0.29, 0.717) is 0 Å². The topological polar surface area (TPSA) is 34.0 Å². The molecule has 1 fully saturated rings. The molecule has 1 aromatic rings. The highest BCUT2D eigenvalue weighted by atomic mass is 32.1. The number of aryl methyl sites for hydroxylation is 1. The van der Waals surface area contributed by atoms with Crippen LogP contribution in [0.2, 0.25) is 0 Å². The highest BCUT2D eigenvalue weighted by molar-refractivity contribution is 7.07. The first kappa shape index (κ1) is 10.9.